The molecule has 0 atom stereocenters. The molecule has 0 saturated carbocycles. The van der Waals surface area contributed by atoms with E-state index in [0.717, 1.165) is 15.6 Å². The topological polar surface area (TPSA) is 80.5 Å². The van der Waals surface area contributed by atoms with Gasteiger partial charge in [-0.1, -0.05) is 18.2 Å². The molecule has 0 saturated heterocycles. The smallest absolute Gasteiger partial charge is 0.273 e. The number of sulfonamides is 1. The van der Waals surface area contributed by atoms with E-state index < -0.39 is 15.9 Å². The minimum atomic E-state index is -3.66. The fraction of sp³-hybridized carbons (Fsp3) is 0.0833. The summed E-state index contributed by atoms with van der Waals surface area (Å²) < 4.78 is 26.0. The highest BCUT2D eigenvalue weighted by atomic mass is 32.2. The molecule has 2 aromatic rings. The zero-order valence-corrected chi connectivity index (χ0v) is 11.7. The maximum Gasteiger partial charge on any atom is 0.273 e. The number of nitrogens with zero attached hydrogens (tertiary/aromatic N) is 1. The molecule has 100 valence electrons. The van der Waals surface area contributed by atoms with E-state index >= 15 is 0 Å². The van der Waals surface area contributed by atoms with Gasteiger partial charge in [-0.05, 0) is 23.6 Å². The fourth-order valence-electron chi connectivity index (χ4n) is 1.63. The summed E-state index contributed by atoms with van der Waals surface area (Å²) in [7, 11) is -2.26. The third-order valence-electron chi connectivity index (χ3n) is 2.62. The van der Waals surface area contributed by atoms with E-state index in [1.54, 1.807) is 29.6 Å². The van der Waals surface area contributed by atoms with Crippen molar-refractivity contribution in [2.75, 3.05) is 11.4 Å². The molecule has 1 aromatic carbocycles. The van der Waals surface area contributed by atoms with Crippen molar-refractivity contribution in [1.82, 2.24) is 0 Å². The van der Waals surface area contributed by atoms with Crippen LogP contribution in [0.5, 0.6) is 0 Å². The number of para-hydroxylation sites is 1. The largest absolute Gasteiger partial charge is 0.366 e. The van der Waals surface area contributed by atoms with Crippen LogP contribution in [-0.4, -0.2) is 21.4 Å². The van der Waals surface area contributed by atoms with Crippen molar-refractivity contribution < 1.29 is 13.2 Å². The van der Waals surface area contributed by atoms with E-state index in [1.165, 1.54) is 19.2 Å². The van der Waals surface area contributed by atoms with Gasteiger partial charge < -0.3 is 5.73 Å². The Kier molecular flexibility index (Phi) is 3.59. The molecule has 1 amide bonds. The van der Waals surface area contributed by atoms with Gasteiger partial charge in [0.1, 0.15) is 4.21 Å². The van der Waals surface area contributed by atoms with Crippen molar-refractivity contribution in [3.05, 3.63) is 47.3 Å². The molecule has 0 aliphatic heterocycles. The number of nitrogens with two attached hydrogens (primary N) is 1. The molecule has 2 N–H and O–H groups in total. The Morgan fingerprint density at radius 2 is 1.89 bits per heavy atom. The number of anilines is 1. The lowest BCUT2D eigenvalue weighted by molar-refractivity contribution is 0.100. The summed E-state index contributed by atoms with van der Waals surface area (Å²) in [6.45, 7) is 0. The molecule has 0 spiro atoms. The third kappa shape index (κ3) is 2.47. The lowest BCUT2D eigenvalue weighted by Gasteiger charge is -2.20. The molecule has 0 bridgehead atoms. The monoisotopic (exact) mass is 296 g/mol. The average molecular weight is 296 g/mol. The van der Waals surface area contributed by atoms with E-state index in [-0.39, 0.29) is 15.5 Å². The van der Waals surface area contributed by atoms with Gasteiger partial charge in [-0.2, -0.15) is 0 Å². The molecule has 0 aliphatic carbocycles. The van der Waals surface area contributed by atoms with Gasteiger partial charge >= 0.3 is 0 Å². The van der Waals surface area contributed by atoms with Crippen LogP contribution in [0.4, 0.5) is 5.69 Å². The molecule has 0 aliphatic rings. The van der Waals surface area contributed by atoms with Crippen molar-refractivity contribution >= 4 is 33.0 Å². The first-order valence-electron chi connectivity index (χ1n) is 5.36. The fourth-order valence-corrected chi connectivity index (χ4v) is 4.01. The SMILES string of the molecule is CN(c1ccccc1C(N)=O)S(=O)(=O)c1cccs1. The van der Waals surface area contributed by atoms with E-state index in [1.807, 2.05) is 0 Å². The normalized spacial score (nSPS) is 11.2. The first-order chi connectivity index (χ1) is 8.94. The summed E-state index contributed by atoms with van der Waals surface area (Å²) in [5, 5.41) is 1.68. The number of hydrogen-bond donors (Lipinski definition) is 1. The molecule has 7 heteroatoms. The van der Waals surface area contributed by atoms with Gasteiger partial charge in [0.15, 0.2) is 0 Å². The summed E-state index contributed by atoms with van der Waals surface area (Å²) in [6.07, 6.45) is 0. The number of benzene rings is 1. The van der Waals surface area contributed by atoms with Gasteiger partial charge in [-0.15, -0.1) is 11.3 Å². The summed E-state index contributed by atoms with van der Waals surface area (Å²) in [5.41, 5.74) is 5.69. The number of amides is 1. The molecule has 0 fully saturated rings. The highest BCUT2D eigenvalue weighted by Gasteiger charge is 2.24. The van der Waals surface area contributed by atoms with Crippen molar-refractivity contribution in [3.63, 3.8) is 0 Å². The van der Waals surface area contributed by atoms with Crippen LogP contribution in [0.2, 0.25) is 0 Å². The summed E-state index contributed by atoms with van der Waals surface area (Å²) >= 11 is 1.12. The van der Waals surface area contributed by atoms with Gasteiger partial charge in [-0.3, -0.25) is 9.10 Å². The van der Waals surface area contributed by atoms with Gasteiger partial charge in [0.05, 0.1) is 11.3 Å². The summed E-state index contributed by atoms with van der Waals surface area (Å²) in [5.74, 6) is -0.663. The number of rotatable bonds is 4. The lowest BCUT2D eigenvalue weighted by atomic mass is 10.2. The van der Waals surface area contributed by atoms with E-state index in [4.69, 9.17) is 5.73 Å². The van der Waals surface area contributed by atoms with Crippen LogP contribution < -0.4 is 10.0 Å². The van der Waals surface area contributed by atoms with Crippen molar-refractivity contribution in [3.8, 4) is 0 Å². The molecule has 1 heterocycles. The summed E-state index contributed by atoms with van der Waals surface area (Å²) in [4.78, 5) is 11.3. The molecule has 0 radical (unpaired) electrons. The van der Waals surface area contributed by atoms with E-state index in [2.05, 4.69) is 0 Å². The second kappa shape index (κ2) is 5.02. The Hall–Kier alpha value is -1.86. The lowest BCUT2D eigenvalue weighted by Crippen LogP contribution is -2.28. The third-order valence-corrected chi connectivity index (χ3v) is 5.76. The quantitative estimate of drug-likeness (QED) is 0.932. The summed E-state index contributed by atoms with van der Waals surface area (Å²) in [6, 6.07) is 9.51. The Morgan fingerprint density at radius 3 is 2.47 bits per heavy atom. The molecule has 0 unspecified atom stereocenters. The number of primary amides is 1. The Morgan fingerprint density at radius 1 is 1.21 bits per heavy atom. The van der Waals surface area contributed by atoms with E-state index in [9.17, 15) is 13.2 Å². The predicted molar refractivity (Wildman–Crippen MR) is 74.9 cm³/mol. The van der Waals surface area contributed by atoms with Crippen LogP contribution in [0.1, 0.15) is 10.4 Å². The highest BCUT2D eigenvalue weighted by molar-refractivity contribution is 7.94. The molecular formula is C12H12N2O3S2. The first-order valence-corrected chi connectivity index (χ1v) is 7.68. The zero-order valence-electron chi connectivity index (χ0n) is 10.1. The maximum atomic E-state index is 12.4. The first kappa shape index (κ1) is 13.6. The molecule has 1 aromatic heterocycles. The minimum absolute atomic E-state index is 0.171. The number of carbonyl (C=O) groups is 1. The second-order valence-corrected chi connectivity index (χ2v) is 6.93. The van der Waals surface area contributed by atoms with Gasteiger partial charge in [0.25, 0.3) is 15.9 Å². The van der Waals surface area contributed by atoms with Crippen LogP contribution in [0.15, 0.2) is 46.0 Å². The number of hydrogen-bond acceptors (Lipinski definition) is 4. The van der Waals surface area contributed by atoms with E-state index in [0.29, 0.717) is 0 Å². The second-order valence-electron chi connectivity index (χ2n) is 3.79. The van der Waals surface area contributed by atoms with Crippen LogP contribution in [0, 0.1) is 0 Å². The molecule has 2 rings (SSSR count). The Bertz CT molecular complexity index is 694. The molecule has 19 heavy (non-hydrogen) atoms. The zero-order chi connectivity index (χ0) is 14.0. The number of carbonyl (C=O) groups excluding carboxylic acids is 1. The predicted octanol–water partition coefficient (Wildman–Crippen LogP) is 1.67. The highest BCUT2D eigenvalue weighted by Crippen LogP contribution is 2.27. The molecule has 5 nitrogen and oxygen atoms in total. The van der Waals surface area contributed by atoms with Crippen LogP contribution in [0.3, 0.4) is 0 Å². The minimum Gasteiger partial charge on any atom is -0.366 e. The average Bonchev–Trinajstić information content (AvgIpc) is 2.92. The van der Waals surface area contributed by atoms with Crippen molar-refractivity contribution in [2.45, 2.75) is 4.21 Å². The Balaban J connectivity index is 2.52. The van der Waals surface area contributed by atoms with Gasteiger partial charge in [-0.25, -0.2) is 8.42 Å². The van der Waals surface area contributed by atoms with Gasteiger partial charge in [0.2, 0.25) is 0 Å². The van der Waals surface area contributed by atoms with Gasteiger partial charge in [0, 0.05) is 7.05 Å². The standard InChI is InChI=1S/C12H12N2O3S2/c1-14(19(16,17)11-7-4-8-18-11)10-6-3-2-5-9(10)12(13)15/h2-8H,1H3,(H2,13,15). The van der Waals surface area contributed by atoms with Crippen LogP contribution >= 0.6 is 11.3 Å². The van der Waals surface area contributed by atoms with Crippen LogP contribution in [-0.2, 0) is 10.0 Å². The van der Waals surface area contributed by atoms with Crippen LogP contribution in [0.25, 0.3) is 0 Å². The number of thiophene rings is 1. The molecular weight excluding hydrogens is 284 g/mol. The Labute approximate surface area is 115 Å². The van der Waals surface area contributed by atoms with Crippen molar-refractivity contribution in [2.24, 2.45) is 5.73 Å². The maximum absolute atomic E-state index is 12.4. The van der Waals surface area contributed by atoms with Crippen molar-refractivity contribution in [1.29, 1.82) is 0 Å².